The highest BCUT2D eigenvalue weighted by Crippen LogP contribution is 2.38. The van der Waals surface area contributed by atoms with Crippen LogP contribution < -0.4 is 19.9 Å². The third kappa shape index (κ3) is 6.32. The standard InChI is InChI=1S/C21H28N2O4.ClH/c1-25-18-12-17(13-19(26-2)21(18)27-3)14-20(24)23(11-7-10-22)15-16-8-5-4-6-9-16;/h4-6,8-9,12-13H,7,10-11,14-15,22H2,1-3H3;1H. The number of nitrogens with zero attached hydrogens (tertiary/aromatic N) is 1. The molecule has 154 valence electrons. The van der Waals surface area contributed by atoms with Crippen molar-refractivity contribution in [2.45, 2.75) is 19.4 Å². The van der Waals surface area contributed by atoms with Gasteiger partial charge in [0.1, 0.15) is 0 Å². The summed E-state index contributed by atoms with van der Waals surface area (Å²) in [7, 11) is 4.68. The van der Waals surface area contributed by atoms with Gasteiger partial charge >= 0.3 is 0 Å². The molecular weight excluding hydrogens is 380 g/mol. The second kappa shape index (κ2) is 12.1. The van der Waals surface area contributed by atoms with Gasteiger partial charge in [-0.3, -0.25) is 4.79 Å². The van der Waals surface area contributed by atoms with Gasteiger partial charge in [0.15, 0.2) is 11.5 Å². The van der Waals surface area contributed by atoms with Gasteiger partial charge in [0, 0.05) is 13.1 Å². The van der Waals surface area contributed by atoms with E-state index in [4.69, 9.17) is 19.9 Å². The fourth-order valence-electron chi connectivity index (χ4n) is 2.90. The van der Waals surface area contributed by atoms with Crippen LogP contribution in [0.2, 0.25) is 0 Å². The van der Waals surface area contributed by atoms with Gasteiger partial charge < -0.3 is 24.8 Å². The second-order valence-corrected chi connectivity index (χ2v) is 6.15. The van der Waals surface area contributed by atoms with Gasteiger partial charge in [-0.1, -0.05) is 30.3 Å². The van der Waals surface area contributed by atoms with Gasteiger partial charge in [-0.25, -0.2) is 0 Å². The molecule has 2 rings (SSSR count). The van der Waals surface area contributed by atoms with Crippen LogP contribution in [-0.2, 0) is 17.8 Å². The molecule has 2 aromatic carbocycles. The van der Waals surface area contributed by atoms with Gasteiger partial charge in [-0.05, 0) is 36.2 Å². The number of halogens is 1. The highest BCUT2D eigenvalue weighted by Gasteiger charge is 2.18. The lowest BCUT2D eigenvalue weighted by Crippen LogP contribution is -2.33. The lowest BCUT2D eigenvalue weighted by Gasteiger charge is -2.23. The van der Waals surface area contributed by atoms with E-state index in [9.17, 15) is 4.79 Å². The van der Waals surface area contributed by atoms with Crippen molar-refractivity contribution in [3.63, 3.8) is 0 Å². The Morgan fingerprint density at radius 2 is 1.57 bits per heavy atom. The molecule has 7 heteroatoms. The number of ether oxygens (including phenoxy) is 3. The summed E-state index contributed by atoms with van der Waals surface area (Å²) in [6.07, 6.45) is 1.00. The van der Waals surface area contributed by atoms with Crippen molar-refractivity contribution in [3.8, 4) is 17.2 Å². The summed E-state index contributed by atoms with van der Waals surface area (Å²) < 4.78 is 16.1. The number of hydrogen-bond acceptors (Lipinski definition) is 5. The van der Waals surface area contributed by atoms with Crippen molar-refractivity contribution in [2.24, 2.45) is 5.73 Å². The molecule has 6 nitrogen and oxygen atoms in total. The van der Waals surface area contributed by atoms with Crippen LogP contribution in [-0.4, -0.2) is 45.2 Å². The van der Waals surface area contributed by atoms with Gasteiger partial charge in [-0.15, -0.1) is 12.4 Å². The van der Waals surface area contributed by atoms with Crippen molar-refractivity contribution in [3.05, 3.63) is 53.6 Å². The predicted molar refractivity (Wildman–Crippen MR) is 113 cm³/mol. The number of hydrogen-bond donors (Lipinski definition) is 1. The molecule has 0 spiro atoms. The summed E-state index contributed by atoms with van der Waals surface area (Å²) >= 11 is 0. The number of nitrogens with two attached hydrogens (primary N) is 1. The number of carbonyl (C=O) groups is 1. The Morgan fingerprint density at radius 1 is 0.964 bits per heavy atom. The minimum atomic E-state index is 0. The number of amides is 1. The Morgan fingerprint density at radius 3 is 2.07 bits per heavy atom. The highest BCUT2D eigenvalue weighted by molar-refractivity contribution is 5.85. The molecule has 2 N–H and O–H groups in total. The quantitative estimate of drug-likeness (QED) is 0.654. The second-order valence-electron chi connectivity index (χ2n) is 6.15. The van der Waals surface area contributed by atoms with Gasteiger partial charge in [0.05, 0.1) is 27.8 Å². The summed E-state index contributed by atoms with van der Waals surface area (Å²) in [4.78, 5) is 14.8. The molecule has 0 aliphatic carbocycles. The van der Waals surface area contributed by atoms with E-state index >= 15 is 0 Å². The maximum Gasteiger partial charge on any atom is 0.227 e. The highest BCUT2D eigenvalue weighted by atomic mass is 35.5. The third-order valence-electron chi connectivity index (χ3n) is 4.28. The average Bonchev–Trinajstić information content (AvgIpc) is 2.70. The van der Waals surface area contributed by atoms with Crippen LogP contribution in [0.3, 0.4) is 0 Å². The molecular formula is C21H29ClN2O4. The SMILES string of the molecule is COc1cc(CC(=O)N(CCCN)Cc2ccccc2)cc(OC)c1OC.Cl. The average molecular weight is 409 g/mol. The first kappa shape index (κ1) is 23.6. The van der Waals surface area contributed by atoms with Crippen molar-refractivity contribution in [2.75, 3.05) is 34.4 Å². The van der Waals surface area contributed by atoms with Gasteiger partial charge in [-0.2, -0.15) is 0 Å². The largest absolute Gasteiger partial charge is 0.493 e. The molecule has 0 saturated heterocycles. The van der Waals surface area contributed by atoms with Crippen LogP contribution in [0.5, 0.6) is 17.2 Å². The molecule has 0 radical (unpaired) electrons. The van der Waals surface area contributed by atoms with Crippen molar-refractivity contribution >= 4 is 18.3 Å². The zero-order valence-electron chi connectivity index (χ0n) is 16.6. The number of methoxy groups -OCH3 is 3. The summed E-state index contributed by atoms with van der Waals surface area (Å²) in [5.74, 6) is 1.62. The lowest BCUT2D eigenvalue weighted by atomic mass is 10.1. The van der Waals surface area contributed by atoms with E-state index in [-0.39, 0.29) is 24.7 Å². The Bertz CT molecular complexity index is 715. The number of rotatable bonds is 10. The van der Waals surface area contributed by atoms with Crippen LogP contribution >= 0.6 is 12.4 Å². The molecule has 28 heavy (non-hydrogen) atoms. The Balaban J connectivity index is 0.00000392. The first-order chi connectivity index (χ1) is 13.1. The Labute approximate surface area is 173 Å². The van der Waals surface area contributed by atoms with Crippen LogP contribution in [0.1, 0.15) is 17.5 Å². The van der Waals surface area contributed by atoms with E-state index in [0.717, 1.165) is 17.5 Å². The predicted octanol–water partition coefficient (Wildman–Crippen LogP) is 3.05. The third-order valence-corrected chi connectivity index (χ3v) is 4.28. The lowest BCUT2D eigenvalue weighted by molar-refractivity contribution is -0.131. The summed E-state index contributed by atoms with van der Waals surface area (Å²) in [6, 6.07) is 13.6. The maximum atomic E-state index is 12.9. The summed E-state index contributed by atoms with van der Waals surface area (Å²) in [5, 5.41) is 0. The molecule has 2 aromatic rings. The molecule has 0 atom stereocenters. The van der Waals surface area contributed by atoms with Crippen LogP contribution in [0.15, 0.2) is 42.5 Å². The Kier molecular flexibility index (Phi) is 10.2. The molecule has 1 amide bonds. The van der Waals surface area contributed by atoms with Crippen molar-refractivity contribution in [1.82, 2.24) is 4.90 Å². The molecule has 0 aliphatic heterocycles. The summed E-state index contributed by atoms with van der Waals surface area (Å²) in [5.41, 5.74) is 7.54. The zero-order chi connectivity index (χ0) is 19.6. The molecule has 0 bridgehead atoms. The zero-order valence-corrected chi connectivity index (χ0v) is 17.5. The first-order valence-corrected chi connectivity index (χ1v) is 8.93. The fraction of sp³-hybridized carbons (Fsp3) is 0.381. The van der Waals surface area contributed by atoms with Gasteiger partial charge in [0.2, 0.25) is 11.7 Å². The smallest absolute Gasteiger partial charge is 0.227 e. The topological polar surface area (TPSA) is 74.0 Å². The van der Waals surface area contributed by atoms with Gasteiger partial charge in [0.25, 0.3) is 0 Å². The van der Waals surface area contributed by atoms with E-state index in [1.807, 2.05) is 47.4 Å². The van der Waals surface area contributed by atoms with E-state index in [1.165, 1.54) is 0 Å². The number of carbonyl (C=O) groups excluding carboxylic acids is 1. The fourth-order valence-corrected chi connectivity index (χ4v) is 2.90. The monoisotopic (exact) mass is 408 g/mol. The van der Waals surface area contributed by atoms with Crippen LogP contribution in [0.4, 0.5) is 0 Å². The Hall–Kier alpha value is -2.44. The van der Waals surface area contributed by atoms with Crippen molar-refractivity contribution < 1.29 is 19.0 Å². The van der Waals surface area contributed by atoms with E-state index in [0.29, 0.717) is 36.9 Å². The minimum absolute atomic E-state index is 0. The summed E-state index contributed by atoms with van der Waals surface area (Å²) in [6.45, 7) is 1.72. The van der Waals surface area contributed by atoms with Crippen LogP contribution in [0, 0.1) is 0 Å². The minimum Gasteiger partial charge on any atom is -0.493 e. The molecule has 0 saturated carbocycles. The normalized spacial score (nSPS) is 10.0. The van der Waals surface area contributed by atoms with E-state index < -0.39 is 0 Å². The molecule has 0 unspecified atom stereocenters. The molecule has 0 fully saturated rings. The van der Waals surface area contributed by atoms with Crippen molar-refractivity contribution in [1.29, 1.82) is 0 Å². The van der Waals surface area contributed by atoms with E-state index in [2.05, 4.69) is 0 Å². The maximum absolute atomic E-state index is 12.9. The molecule has 0 aromatic heterocycles. The molecule has 0 heterocycles. The van der Waals surface area contributed by atoms with E-state index in [1.54, 1.807) is 21.3 Å². The first-order valence-electron chi connectivity index (χ1n) is 8.93. The number of benzene rings is 2. The van der Waals surface area contributed by atoms with Crippen LogP contribution in [0.25, 0.3) is 0 Å². The molecule has 0 aliphatic rings.